The number of amides is 2. The zero-order chi connectivity index (χ0) is 29.3. The Morgan fingerprint density at radius 3 is 2.30 bits per heavy atom. The van der Waals surface area contributed by atoms with Crippen molar-refractivity contribution < 1.29 is 31.5 Å². The smallest absolute Gasteiger partial charge is 0.410 e. The molecule has 3 N–H and O–H groups in total. The molecule has 2 amide bonds. The number of alkyl halides is 2. The highest BCUT2D eigenvalue weighted by Gasteiger charge is 2.42. The minimum atomic E-state index is -4.74. The number of nitrogens with zero attached hydrogens (tertiary/aromatic N) is 3. The second kappa shape index (κ2) is 11.6. The molecule has 3 heterocycles. The Bertz CT molecular complexity index is 1370. The van der Waals surface area contributed by atoms with E-state index in [0.717, 1.165) is 12.1 Å². The zero-order valence-corrected chi connectivity index (χ0v) is 24.6. The van der Waals surface area contributed by atoms with Gasteiger partial charge in [0.05, 0.1) is 15.0 Å². The molecule has 2 aliphatic rings. The van der Waals surface area contributed by atoms with Crippen LogP contribution < -0.4 is 11.1 Å². The van der Waals surface area contributed by atoms with Crippen molar-refractivity contribution in [2.24, 2.45) is 5.73 Å². The van der Waals surface area contributed by atoms with Crippen LogP contribution in [0.1, 0.15) is 50.4 Å². The number of piperidine rings is 1. The predicted molar refractivity (Wildman–Crippen MR) is 151 cm³/mol. The fourth-order valence-electron chi connectivity index (χ4n) is 4.49. The quantitative estimate of drug-likeness (QED) is 0.415. The van der Waals surface area contributed by atoms with E-state index in [1.807, 2.05) is 31.6 Å². The summed E-state index contributed by atoms with van der Waals surface area (Å²) in [5.41, 5.74) is 4.97. The van der Waals surface area contributed by atoms with E-state index in [2.05, 4.69) is 10.4 Å². The summed E-state index contributed by atoms with van der Waals surface area (Å²) < 4.78 is 56.8. The summed E-state index contributed by atoms with van der Waals surface area (Å²) in [6, 6.07) is 4.73. The lowest BCUT2D eigenvalue weighted by molar-refractivity contribution is 0.00949. The number of carbonyl (C=O) groups is 2. The van der Waals surface area contributed by atoms with Crippen molar-refractivity contribution in [2.75, 3.05) is 18.4 Å². The summed E-state index contributed by atoms with van der Waals surface area (Å²) >= 11 is 3.39. The third kappa shape index (κ3) is 6.74. The molecule has 40 heavy (non-hydrogen) atoms. The Labute approximate surface area is 240 Å². The maximum Gasteiger partial charge on any atom is 0.410 e. The summed E-state index contributed by atoms with van der Waals surface area (Å²) in [6.45, 7) is 6.30. The van der Waals surface area contributed by atoms with Crippen LogP contribution in [0.4, 0.5) is 25.1 Å². The van der Waals surface area contributed by atoms with Gasteiger partial charge in [0.15, 0.2) is 5.82 Å². The van der Waals surface area contributed by atoms with Gasteiger partial charge in [0.25, 0.3) is 5.91 Å². The molecule has 1 aromatic carbocycles. The number of nitrogens with two attached hydrogens (primary N) is 1. The predicted octanol–water partition coefficient (Wildman–Crippen LogP) is 5.12. The van der Waals surface area contributed by atoms with E-state index >= 15 is 0 Å². The highest BCUT2D eigenvalue weighted by molar-refractivity contribution is 8.22. The molecule has 4 rings (SSSR count). The molecule has 1 fully saturated rings. The Balaban J connectivity index is 1.61. The highest BCUT2D eigenvalue weighted by atomic mass is 32.2. The maximum atomic E-state index is 12.9. The van der Waals surface area contributed by atoms with Crippen LogP contribution in [0.2, 0.25) is 0 Å². The summed E-state index contributed by atoms with van der Waals surface area (Å²) in [6.07, 6.45) is 3.02. The van der Waals surface area contributed by atoms with Crippen LogP contribution in [-0.4, -0.2) is 64.1 Å². The van der Waals surface area contributed by atoms with Gasteiger partial charge < -0.3 is 20.7 Å². The summed E-state index contributed by atoms with van der Waals surface area (Å²) in [5, 5.41) is 11.7. The average molecular weight is 616 g/mol. The average Bonchev–Trinajstić information content (AvgIpc) is 3.54. The highest BCUT2D eigenvalue weighted by Crippen LogP contribution is 2.45. The second-order valence-electron chi connectivity index (χ2n) is 10.5. The van der Waals surface area contributed by atoms with E-state index < -0.39 is 37.5 Å². The van der Waals surface area contributed by atoms with Crippen LogP contribution in [0.5, 0.6) is 0 Å². The van der Waals surface area contributed by atoms with Crippen molar-refractivity contribution in [1.29, 1.82) is 0 Å². The zero-order valence-electron chi connectivity index (χ0n) is 22.2. The standard InChI is InChI=1S/C25H31F2N5O5S3/c1-24(2,3)37-23(34)31-10-8-25(9-11-31,14-19-38-12-13-39-19)32-15-18(20(28)33)21(30-32)29-16-4-6-17(7-5-16)40(35,36)22(26)27/h4-7,12-13,15,19,22H,8-11,14H2,1-3H3,(H2,28,33)(H,29,30). The number of benzene rings is 1. The molecule has 0 atom stereocenters. The summed E-state index contributed by atoms with van der Waals surface area (Å²) in [5.74, 6) is -4.11. The van der Waals surface area contributed by atoms with Gasteiger partial charge in [-0.2, -0.15) is 13.9 Å². The first-order valence-corrected chi connectivity index (χ1v) is 15.9. The lowest BCUT2D eigenvalue weighted by Crippen LogP contribution is -2.50. The van der Waals surface area contributed by atoms with E-state index in [4.69, 9.17) is 10.5 Å². The molecular weight excluding hydrogens is 585 g/mol. The van der Waals surface area contributed by atoms with E-state index in [0.29, 0.717) is 38.0 Å². The Hall–Kier alpha value is -2.78. The van der Waals surface area contributed by atoms with Gasteiger partial charge in [0, 0.05) is 25.0 Å². The Morgan fingerprint density at radius 2 is 1.77 bits per heavy atom. The maximum absolute atomic E-state index is 12.9. The first-order valence-electron chi connectivity index (χ1n) is 12.4. The van der Waals surface area contributed by atoms with Crippen molar-refractivity contribution in [2.45, 2.75) is 66.4 Å². The SMILES string of the molecule is CC(C)(C)OC(=O)N1CCC(CC2SC=CS2)(n2cc(C(N)=O)c(Nc3ccc(S(=O)(=O)C(F)F)cc3)n2)CC1. The third-order valence-electron chi connectivity index (χ3n) is 6.55. The van der Waals surface area contributed by atoms with Crippen LogP contribution in [0, 0.1) is 0 Å². The topological polar surface area (TPSA) is 137 Å². The monoisotopic (exact) mass is 615 g/mol. The van der Waals surface area contributed by atoms with Crippen molar-refractivity contribution in [3.8, 4) is 0 Å². The summed E-state index contributed by atoms with van der Waals surface area (Å²) in [4.78, 5) is 26.2. The van der Waals surface area contributed by atoms with Crippen molar-refractivity contribution in [3.05, 3.63) is 46.8 Å². The number of sulfone groups is 1. The lowest BCUT2D eigenvalue weighted by atomic mass is 9.85. The number of primary amides is 1. The number of halogens is 2. The second-order valence-corrected chi connectivity index (χ2v) is 15.0. The molecule has 0 radical (unpaired) electrons. The van der Waals surface area contributed by atoms with Crippen LogP contribution >= 0.6 is 23.5 Å². The largest absolute Gasteiger partial charge is 0.444 e. The van der Waals surface area contributed by atoms with Gasteiger partial charge in [-0.1, -0.05) is 0 Å². The third-order valence-corrected chi connectivity index (χ3v) is 10.3. The molecule has 0 unspecified atom stereocenters. The van der Waals surface area contributed by atoms with E-state index in [1.165, 1.54) is 12.1 Å². The normalized spacial score (nSPS) is 17.8. The minimum Gasteiger partial charge on any atom is -0.444 e. The van der Waals surface area contributed by atoms with Gasteiger partial charge in [-0.05, 0) is 75.1 Å². The molecule has 15 heteroatoms. The van der Waals surface area contributed by atoms with Crippen LogP contribution in [-0.2, 0) is 20.1 Å². The van der Waals surface area contributed by atoms with Gasteiger partial charge in [-0.3, -0.25) is 9.48 Å². The van der Waals surface area contributed by atoms with Gasteiger partial charge in [-0.15, -0.1) is 23.5 Å². The molecule has 1 saturated heterocycles. The number of thioether (sulfide) groups is 2. The number of aromatic nitrogens is 2. The number of nitrogens with one attached hydrogen (secondary N) is 1. The number of hydrogen-bond donors (Lipinski definition) is 2. The summed E-state index contributed by atoms with van der Waals surface area (Å²) in [7, 11) is -4.74. The van der Waals surface area contributed by atoms with Gasteiger partial charge in [-0.25, -0.2) is 13.2 Å². The van der Waals surface area contributed by atoms with Crippen LogP contribution in [0.3, 0.4) is 0 Å². The molecule has 1 aromatic heterocycles. The minimum absolute atomic E-state index is 0.114. The fraction of sp³-hybridized carbons (Fsp3) is 0.480. The Morgan fingerprint density at radius 1 is 1.18 bits per heavy atom. The van der Waals surface area contributed by atoms with Crippen molar-refractivity contribution in [1.82, 2.24) is 14.7 Å². The van der Waals surface area contributed by atoms with E-state index in [9.17, 15) is 26.8 Å². The molecule has 10 nitrogen and oxygen atoms in total. The molecular formula is C25H31F2N5O5S3. The molecule has 0 saturated carbocycles. The van der Waals surface area contributed by atoms with Crippen molar-refractivity contribution in [3.63, 3.8) is 0 Å². The van der Waals surface area contributed by atoms with Gasteiger partial charge >= 0.3 is 11.9 Å². The Kier molecular flexibility index (Phi) is 8.76. The van der Waals surface area contributed by atoms with Crippen molar-refractivity contribution >= 4 is 56.9 Å². The number of ether oxygens (including phenoxy) is 1. The number of likely N-dealkylation sites (tertiary alicyclic amines) is 1. The first-order chi connectivity index (χ1) is 18.7. The van der Waals surface area contributed by atoms with E-state index in [-0.39, 0.29) is 22.1 Å². The first kappa shape index (κ1) is 30.2. The van der Waals surface area contributed by atoms with Crippen LogP contribution in [0.25, 0.3) is 0 Å². The van der Waals surface area contributed by atoms with E-state index in [1.54, 1.807) is 39.3 Å². The molecule has 0 aliphatic carbocycles. The molecule has 0 bridgehead atoms. The number of rotatable bonds is 8. The molecule has 2 aromatic rings. The van der Waals surface area contributed by atoms with Gasteiger partial charge in [0.1, 0.15) is 11.2 Å². The number of anilines is 2. The molecule has 0 spiro atoms. The lowest BCUT2D eigenvalue weighted by Gasteiger charge is -2.43. The number of hydrogen-bond acceptors (Lipinski definition) is 9. The fourth-order valence-corrected chi connectivity index (χ4v) is 7.53. The number of carbonyl (C=O) groups excluding carboxylic acids is 2. The van der Waals surface area contributed by atoms with Crippen LogP contribution in [0.15, 0.2) is 46.2 Å². The molecule has 2 aliphatic heterocycles. The van der Waals surface area contributed by atoms with Gasteiger partial charge in [0.2, 0.25) is 9.84 Å². The molecule has 218 valence electrons.